The summed E-state index contributed by atoms with van der Waals surface area (Å²) < 4.78 is 5.15. The fourth-order valence-corrected chi connectivity index (χ4v) is 7.82. The van der Waals surface area contributed by atoms with Crippen molar-refractivity contribution in [3.05, 3.63) is 0 Å². The summed E-state index contributed by atoms with van der Waals surface area (Å²) in [5.41, 5.74) is 0.817. The van der Waals surface area contributed by atoms with E-state index < -0.39 is 0 Å². The summed E-state index contributed by atoms with van der Waals surface area (Å²) in [4.78, 5) is 12.3. The first kappa shape index (κ1) is 21.4. The minimum atomic E-state index is 0. The molecule has 0 heterocycles. The van der Waals surface area contributed by atoms with Gasteiger partial charge in [-0.15, -0.1) is 24.8 Å². The summed E-state index contributed by atoms with van der Waals surface area (Å²) >= 11 is 0. The molecule has 4 rings (SSSR count). The lowest BCUT2D eigenvalue weighted by molar-refractivity contribution is -0.155. The van der Waals surface area contributed by atoms with E-state index >= 15 is 0 Å². The molecule has 0 aromatic rings. The highest BCUT2D eigenvalue weighted by Gasteiger charge is 2.61. The van der Waals surface area contributed by atoms with Crippen LogP contribution in [0.15, 0.2) is 0 Å². The van der Waals surface area contributed by atoms with Crippen molar-refractivity contribution in [3.63, 3.8) is 0 Å². The molecule has 4 heteroatoms. The molecule has 7 atom stereocenters. The van der Waals surface area contributed by atoms with Gasteiger partial charge in [-0.05, 0) is 85.9 Å². The average molecular weight is 391 g/mol. The second-order valence-electron chi connectivity index (χ2n) is 9.60. The lowest BCUT2D eigenvalue weighted by Gasteiger charge is -2.60. The van der Waals surface area contributed by atoms with Crippen LogP contribution in [-0.2, 0) is 9.53 Å². The maximum atomic E-state index is 12.3. The Morgan fingerprint density at radius 2 is 1.56 bits per heavy atom. The summed E-state index contributed by atoms with van der Waals surface area (Å²) in [5, 5.41) is 0. The van der Waals surface area contributed by atoms with Gasteiger partial charge in [0.1, 0.15) is 0 Å². The Bertz CT molecular complexity index is 496. The molecule has 0 bridgehead atoms. The lowest BCUT2D eigenvalue weighted by Crippen LogP contribution is -2.53. The summed E-state index contributed by atoms with van der Waals surface area (Å²) in [5.74, 6) is 3.78. The minimum Gasteiger partial charge on any atom is -0.469 e. The molecule has 0 aliphatic heterocycles. The van der Waals surface area contributed by atoms with Crippen molar-refractivity contribution in [2.24, 2.45) is 40.4 Å². The van der Waals surface area contributed by atoms with Gasteiger partial charge in [-0.2, -0.15) is 0 Å². The average Bonchev–Trinajstić information content (AvgIpc) is 2.91. The van der Waals surface area contributed by atoms with Gasteiger partial charge in [0.05, 0.1) is 13.0 Å². The summed E-state index contributed by atoms with van der Waals surface area (Å²) in [6, 6.07) is 0. The highest BCUT2D eigenvalue weighted by molar-refractivity contribution is 5.85. The normalized spacial score (nSPS) is 48.0. The van der Waals surface area contributed by atoms with Gasteiger partial charge in [-0.25, -0.2) is 0 Å². The van der Waals surface area contributed by atoms with Gasteiger partial charge in [0.25, 0.3) is 0 Å². The zero-order valence-electron chi connectivity index (χ0n) is 16.1. The first-order chi connectivity index (χ1) is 11.0. The Kier molecular flexibility index (Phi) is 6.48. The molecule has 0 N–H and O–H groups in total. The van der Waals surface area contributed by atoms with Crippen LogP contribution in [0.1, 0.15) is 78.1 Å². The highest BCUT2D eigenvalue weighted by atomic mass is 35.5. The topological polar surface area (TPSA) is 26.3 Å². The molecular weight excluding hydrogens is 355 g/mol. The molecule has 4 aliphatic rings. The van der Waals surface area contributed by atoms with Crippen LogP contribution in [0, 0.1) is 40.4 Å². The number of halogens is 2. The van der Waals surface area contributed by atoms with Crippen LogP contribution in [0.3, 0.4) is 0 Å². The fraction of sp³-hybridized carbons (Fsp3) is 0.952. The number of fused-ring (bicyclic) bond motifs is 5. The van der Waals surface area contributed by atoms with Gasteiger partial charge in [-0.1, -0.05) is 26.7 Å². The molecule has 146 valence electrons. The third-order valence-electron chi connectivity index (χ3n) is 9.07. The number of hydrogen-bond acceptors (Lipinski definition) is 2. The molecule has 4 saturated carbocycles. The molecule has 0 spiro atoms. The number of carbonyl (C=O) groups is 1. The summed E-state index contributed by atoms with van der Waals surface area (Å²) in [7, 11) is 1.57. The number of carbonyl (C=O) groups excluding carboxylic acids is 1. The molecule has 0 saturated heterocycles. The maximum Gasteiger partial charge on any atom is 0.309 e. The number of ether oxygens (including phenoxy) is 1. The largest absolute Gasteiger partial charge is 0.469 e. The van der Waals surface area contributed by atoms with Gasteiger partial charge in [0.2, 0.25) is 0 Å². The molecular formula is C21H36Cl2O2. The van der Waals surface area contributed by atoms with Crippen molar-refractivity contribution in [2.75, 3.05) is 7.11 Å². The molecule has 0 radical (unpaired) electrons. The molecule has 4 aliphatic carbocycles. The number of esters is 1. The van der Waals surface area contributed by atoms with Gasteiger partial charge >= 0.3 is 5.97 Å². The molecule has 25 heavy (non-hydrogen) atoms. The van der Waals surface area contributed by atoms with E-state index in [0.717, 1.165) is 30.1 Å². The van der Waals surface area contributed by atoms with Gasteiger partial charge in [-0.3, -0.25) is 4.79 Å². The van der Waals surface area contributed by atoms with Crippen LogP contribution in [0.25, 0.3) is 0 Å². The molecule has 0 aromatic carbocycles. The quantitative estimate of drug-likeness (QED) is 0.509. The van der Waals surface area contributed by atoms with E-state index in [9.17, 15) is 4.79 Å². The molecule has 4 fully saturated rings. The van der Waals surface area contributed by atoms with E-state index in [4.69, 9.17) is 4.74 Å². The van der Waals surface area contributed by atoms with E-state index in [-0.39, 0.29) is 42.1 Å². The number of methoxy groups -OCH3 is 1. The van der Waals surface area contributed by atoms with Crippen molar-refractivity contribution < 1.29 is 9.53 Å². The second kappa shape index (κ2) is 7.58. The Balaban J connectivity index is 0.00000113. The third kappa shape index (κ3) is 3.04. The third-order valence-corrected chi connectivity index (χ3v) is 9.07. The van der Waals surface area contributed by atoms with E-state index in [1.807, 2.05) is 0 Å². The van der Waals surface area contributed by atoms with Crippen LogP contribution in [0.4, 0.5) is 0 Å². The second-order valence-corrected chi connectivity index (χ2v) is 9.60. The zero-order valence-corrected chi connectivity index (χ0v) is 17.7. The number of rotatable bonds is 1. The van der Waals surface area contributed by atoms with E-state index in [2.05, 4.69) is 13.8 Å². The van der Waals surface area contributed by atoms with E-state index in [1.165, 1.54) is 57.8 Å². The SMILES string of the molecule is COC(=O)C1CC[C@H]2[C@@H]3CCC4CCCC[C@]4(C)[C@H]3CC[C@]12C.Cl.Cl. The Hall–Kier alpha value is 0.0500. The molecule has 0 amide bonds. The predicted octanol–water partition coefficient (Wildman–Crippen LogP) is 6.05. The predicted molar refractivity (Wildman–Crippen MR) is 106 cm³/mol. The van der Waals surface area contributed by atoms with Crippen LogP contribution >= 0.6 is 24.8 Å². The van der Waals surface area contributed by atoms with Crippen molar-refractivity contribution in [3.8, 4) is 0 Å². The Labute approximate surface area is 166 Å². The van der Waals surface area contributed by atoms with Crippen LogP contribution in [0.2, 0.25) is 0 Å². The maximum absolute atomic E-state index is 12.3. The molecule has 2 unspecified atom stereocenters. The number of hydrogen-bond donors (Lipinski definition) is 0. The van der Waals surface area contributed by atoms with E-state index in [0.29, 0.717) is 5.41 Å². The molecule has 0 aromatic heterocycles. The van der Waals surface area contributed by atoms with Crippen molar-refractivity contribution >= 4 is 30.8 Å². The standard InChI is InChI=1S/C21H34O2.2ClH/c1-20-12-5-4-6-14(20)7-8-15-16-9-10-18(19(22)23-3)21(16,2)13-11-17(15)20;;/h14-18H,4-13H2,1-3H3;2*1H/t14?,15-,16-,17-,18?,20-,21-;;/m0../s1. The van der Waals surface area contributed by atoms with Gasteiger partial charge in [0, 0.05) is 0 Å². The van der Waals surface area contributed by atoms with Crippen LogP contribution in [-0.4, -0.2) is 13.1 Å². The smallest absolute Gasteiger partial charge is 0.309 e. The molecule has 2 nitrogen and oxygen atoms in total. The lowest BCUT2D eigenvalue weighted by atomic mass is 9.45. The minimum absolute atomic E-state index is 0. The van der Waals surface area contributed by atoms with E-state index in [1.54, 1.807) is 7.11 Å². The first-order valence-corrected chi connectivity index (χ1v) is 10.1. The highest BCUT2D eigenvalue weighted by Crippen LogP contribution is 2.67. The fourth-order valence-electron chi connectivity index (χ4n) is 7.82. The van der Waals surface area contributed by atoms with Gasteiger partial charge < -0.3 is 4.74 Å². The summed E-state index contributed by atoms with van der Waals surface area (Å²) in [6.07, 6.45) is 13.7. The Morgan fingerprint density at radius 1 is 0.840 bits per heavy atom. The van der Waals surface area contributed by atoms with Crippen LogP contribution in [0.5, 0.6) is 0 Å². The zero-order chi connectivity index (χ0) is 16.2. The van der Waals surface area contributed by atoms with Crippen molar-refractivity contribution in [2.45, 2.75) is 78.1 Å². The van der Waals surface area contributed by atoms with Crippen LogP contribution < -0.4 is 0 Å². The van der Waals surface area contributed by atoms with Crippen molar-refractivity contribution in [1.82, 2.24) is 0 Å². The van der Waals surface area contributed by atoms with Gasteiger partial charge in [0.15, 0.2) is 0 Å². The monoisotopic (exact) mass is 390 g/mol. The van der Waals surface area contributed by atoms with Crippen molar-refractivity contribution in [1.29, 1.82) is 0 Å². The Morgan fingerprint density at radius 3 is 2.28 bits per heavy atom. The summed E-state index contributed by atoms with van der Waals surface area (Å²) in [6.45, 7) is 5.04. The first-order valence-electron chi connectivity index (χ1n) is 10.1.